The molecule has 1 aromatic rings. The Labute approximate surface area is 121 Å². The minimum absolute atomic E-state index is 0.160. The summed E-state index contributed by atoms with van der Waals surface area (Å²) in [4.78, 5) is 15.1. The van der Waals surface area contributed by atoms with Crippen LogP contribution in [0, 0.1) is 0 Å². The summed E-state index contributed by atoms with van der Waals surface area (Å²) in [5.41, 5.74) is 2.71. The number of hydrogen-bond donors (Lipinski definition) is 1. The van der Waals surface area contributed by atoms with Crippen molar-refractivity contribution in [3.8, 4) is 0 Å². The van der Waals surface area contributed by atoms with E-state index >= 15 is 0 Å². The number of carboxylic acid groups (broad SMARTS) is 1. The first-order valence-corrected chi connectivity index (χ1v) is 7.37. The monoisotopic (exact) mass is 276 g/mol. The molecule has 1 heterocycles. The van der Waals surface area contributed by atoms with Crippen LogP contribution in [0.3, 0.4) is 0 Å². The number of benzene rings is 1. The Hall–Kier alpha value is -1.39. The quantitative estimate of drug-likeness (QED) is 0.893. The number of carboxylic acids is 1. The van der Waals surface area contributed by atoms with Crippen LogP contribution in [-0.4, -0.2) is 53.6 Å². The third kappa shape index (κ3) is 3.81. The predicted molar refractivity (Wildman–Crippen MR) is 79.9 cm³/mol. The van der Waals surface area contributed by atoms with Gasteiger partial charge in [-0.05, 0) is 24.5 Å². The summed E-state index contributed by atoms with van der Waals surface area (Å²) in [7, 11) is 0. The molecule has 1 N–H and O–H groups in total. The summed E-state index contributed by atoms with van der Waals surface area (Å²) in [5.74, 6) is -0.735. The Morgan fingerprint density at radius 3 is 2.30 bits per heavy atom. The Bertz CT molecular complexity index is 436. The molecule has 20 heavy (non-hydrogen) atoms. The summed E-state index contributed by atoms with van der Waals surface area (Å²) in [6, 6.07) is 9.23. The minimum atomic E-state index is -0.735. The van der Waals surface area contributed by atoms with Crippen LogP contribution in [0.25, 0.3) is 0 Å². The fourth-order valence-corrected chi connectivity index (χ4v) is 2.74. The molecule has 4 nitrogen and oxygen atoms in total. The highest BCUT2D eigenvalue weighted by atomic mass is 16.4. The summed E-state index contributed by atoms with van der Waals surface area (Å²) < 4.78 is 0. The van der Waals surface area contributed by atoms with Crippen LogP contribution in [-0.2, 0) is 11.2 Å². The second kappa shape index (κ2) is 6.86. The maximum Gasteiger partial charge on any atom is 0.317 e. The maximum atomic E-state index is 10.7. The smallest absolute Gasteiger partial charge is 0.317 e. The van der Waals surface area contributed by atoms with E-state index < -0.39 is 5.97 Å². The zero-order valence-corrected chi connectivity index (χ0v) is 12.4. The maximum absolute atomic E-state index is 10.7. The molecule has 0 aliphatic carbocycles. The molecule has 0 aromatic heterocycles. The van der Waals surface area contributed by atoms with E-state index in [2.05, 4.69) is 43.0 Å². The minimum Gasteiger partial charge on any atom is -0.480 e. The van der Waals surface area contributed by atoms with Crippen LogP contribution in [0.2, 0.25) is 0 Å². The lowest BCUT2D eigenvalue weighted by Crippen LogP contribution is -2.48. The molecule has 1 fully saturated rings. The first kappa shape index (κ1) is 15.0. The number of carbonyl (C=O) groups is 1. The average Bonchev–Trinajstić information content (AvgIpc) is 2.47. The lowest BCUT2D eigenvalue weighted by molar-refractivity contribution is -0.138. The molecule has 1 unspecified atom stereocenters. The molecule has 0 radical (unpaired) electrons. The van der Waals surface area contributed by atoms with Gasteiger partial charge < -0.3 is 5.11 Å². The van der Waals surface area contributed by atoms with Crippen LogP contribution < -0.4 is 0 Å². The van der Waals surface area contributed by atoms with Gasteiger partial charge in [0.25, 0.3) is 0 Å². The number of hydrogen-bond acceptors (Lipinski definition) is 3. The van der Waals surface area contributed by atoms with Crippen molar-refractivity contribution in [2.24, 2.45) is 0 Å². The molecule has 1 atom stereocenters. The second-order valence-electron chi connectivity index (χ2n) is 5.48. The van der Waals surface area contributed by atoms with Crippen LogP contribution in [0.4, 0.5) is 0 Å². The van der Waals surface area contributed by atoms with Crippen LogP contribution in [0.1, 0.15) is 31.0 Å². The molecule has 2 rings (SSSR count). The molecule has 0 amide bonds. The van der Waals surface area contributed by atoms with Crippen molar-refractivity contribution in [2.75, 3.05) is 32.7 Å². The van der Waals surface area contributed by atoms with E-state index in [1.165, 1.54) is 11.1 Å². The lowest BCUT2D eigenvalue weighted by atomic mass is 10.0. The zero-order valence-electron chi connectivity index (χ0n) is 12.4. The van der Waals surface area contributed by atoms with E-state index in [9.17, 15) is 4.79 Å². The molecule has 1 saturated heterocycles. The summed E-state index contributed by atoms with van der Waals surface area (Å²) >= 11 is 0. The molecule has 0 bridgehead atoms. The highest BCUT2D eigenvalue weighted by Gasteiger charge is 2.22. The van der Waals surface area contributed by atoms with Crippen molar-refractivity contribution in [3.05, 3.63) is 35.4 Å². The van der Waals surface area contributed by atoms with Crippen molar-refractivity contribution < 1.29 is 9.90 Å². The van der Waals surface area contributed by atoms with Gasteiger partial charge in [-0.15, -0.1) is 0 Å². The predicted octanol–water partition coefficient (Wildman–Crippen LogP) is 2.01. The summed E-state index contributed by atoms with van der Waals surface area (Å²) in [6.45, 7) is 8.10. The van der Waals surface area contributed by atoms with Gasteiger partial charge in [0.05, 0.1) is 6.54 Å². The van der Waals surface area contributed by atoms with Crippen molar-refractivity contribution in [3.63, 3.8) is 0 Å². The van der Waals surface area contributed by atoms with E-state index in [-0.39, 0.29) is 6.54 Å². The van der Waals surface area contributed by atoms with Gasteiger partial charge in [0.2, 0.25) is 0 Å². The Balaban J connectivity index is 1.90. The third-order valence-corrected chi connectivity index (χ3v) is 4.18. The SMILES string of the molecule is CCc1ccc(C(C)N2CCN(CC(=O)O)CC2)cc1. The zero-order chi connectivity index (χ0) is 14.5. The van der Waals surface area contributed by atoms with Crippen LogP contribution >= 0.6 is 0 Å². The van der Waals surface area contributed by atoms with Crippen molar-refractivity contribution in [2.45, 2.75) is 26.3 Å². The summed E-state index contributed by atoms with van der Waals surface area (Å²) in [5, 5.41) is 8.81. The fraction of sp³-hybridized carbons (Fsp3) is 0.562. The average molecular weight is 276 g/mol. The van der Waals surface area contributed by atoms with Gasteiger partial charge in [0.15, 0.2) is 0 Å². The second-order valence-corrected chi connectivity index (χ2v) is 5.48. The molecule has 1 aliphatic rings. The van der Waals surface area contributed by atoms with Gasteiger partial charge in [-0.2, -0.15) is 0 Å². The van der Waals surface area contributed by atoms with Crippen LogP contribution in [0.15, 0.2) is 24.3 Å². The molecule has 1 aromatic carbocycles. The molecule has 4 heteroatoms. The van der Waals surface area contributed by atoms with Gasteiger partial charge in [0.1, 0.15) is 0 Å². The normalized spacial score (nSPS) is 18.9. The Morgan fingerprint density at radius 2 is 1.80 bits per heavy atom. The number of rotatable bonds is 5. The van der Waals surface area contributed by atoms with E-state index in [0.717, 1.165) is 32.6 Å². The van der Waals surface area contributed by atoms with Gasteiger partial charge >= 0.3 is 5.97 Å². The fourth-order valence-electron chi connectivity index (χ4n) is 2.74. The van der Waals surface area contributed by atoms with E-state index in [1.807, 2.05) is 4.90 Å². The van der Waals surface area contributed by atoms with E-state index in [4.69, 9.17) is 5.11 Å². The highest BCUT2D eigenvalue weighted by molar-refractivity contribution is 5.69. The van der Waals surface area contributed by atoms with E-state index in [1.54, 1.807) is 0 Å². The van der Waals surface area contributed by atoms with Crippen molar-refractivity contribution in [1.82, 2.24) is 9.80 Å². The van der Waals surface area contributed by atoms with Gasteiger partial charge in [-0.25, -0.2) is 0 Å². The standard InChI is InChI=1S/C16H24N2O2/c1-3-14-4-6-15(7-5-14)13(2)18-10-8-17(9-11-18)12-16(19)20/h4-7,13H,3,8-12H2,1-2H3,(H,19,20). The van der Waals surface area contributed by atoms with Crippen molar-refractivity contribution in [1.29, 1.82) is 0 Å². The molecule has 0 spiro atoms. The molecular formula is C16H24N2O2. The molecule has 110 valence electrons. The topological polar surface area (TPSA) is 43.8 Å². The molecule has 0 saturated carbocycles. The number of aliphatic carboxylic acids is 1. The molecule has 1 aliphatic heterocycles. The molecular weight excluding hydrogens is 252 g/mol. The van der Waals surface area contributed by atoms with Crippen LogP contribution in [0.5, 0.6) is 0 Å². The van der Waals surface area contributed by atoms with Gasteiger partial charge in [0, 0.05) is 32.2 Å². The first-order valence-electron chi connectivity index (χ1n) is 7.37. The summed E-state index contributed by atoms with van der Waals surface area (Å²) in [6.07, 6.45) is 1.07. The Kier molecular flexibility index (Phi) is 5.15. The third-order valence-electron chi connectivity index (χ3n) is 4.18. The van der Waals surface area contributed by atoms with E-state index in [0.29, 0.717) is 6.04 Å². The number of aryl methyl sites for hydroxylation is 1. The number of piperazine rings is 1. The van der Waals surface area contributed by atoms with Gasteiger partial charge in [-0.3, -0.25) is 14.6 Å². The van der Waals surface area contributed by atoms with Crippen molar-refractivity contribution >= 4 is 5.97 Å². The Morgan fingerprint density at radius 1 is 1.20 bits per heavy atom. The first-order chi connectivity index (χ1) is 9.60. The number of nitrogens with zero attached hydrogens (tertiary/aromatic N) is 2. The highest BCUT2D eigenvalue weighted by Crippen LogP contribution is 2.22. The van der Waals surface area contributed by atoms with Gasteiger partial charge in [-0.1, -0.05) is 31.2 Å². The largest absolute Gasteiger partial charge is 0.480 e. The lowest BCUT2D eigenvalue weighted by Gasteiger charge is -2.37.